The Bertz CT molecular complexity index is 495. The number of nitrogens with one attached hydrogen (secondary N) is 1. The molecular formula is C16H27Cl3N4O2. The topological polar surface area (TPSA) is 57.7 Å². The van der Waals surface area contributed by atoms with Crippen molar-refractivity contribution < 1.29 is 9.53 Å². The molecule has 6 nitrogen and oxygen atoms in total. The van der Waals surface area contributed by atoms with E-state index in [9.17, 15) is 4.79 Å². The summed E-state index contributed by atoms with van der Waals surface area (Å²) in [4.78, 5) is 21.0. The Hall–Kier alpha value is -0.630. The molecule has 2 atom stereocenters. The van der Waals surface area contributed by atoms with Gasteiger partial charge in [0.05, 0.1) is 13.2 Å². The smallest absolute Gasteiger partial charge is 0.242 e. The minimum atomic E-state index is -0.170. The molecule has 2 aliphatic rings. The number of halogens is 3. The lowest BCUT2D eigenvalue weighted by molar-refractivity contribution is -0.138. The van der Waals surface area contributed by atoms with E-state index in [0.29, 0.717) is 19.3 Å². The highest BCUT2D eigenvalue weighted by Crippen LogP contribution is 2.20. The number of amides is 1. The third-order valence-corrected chi connectivity index (χ3v) is 4.56. The molecule has 25 heavy (non-hydrogen) atoms. The van der Waals surface area contributed by atoms with Gasteiger partial charge in [-0.1, -0.05) is 6.07 Å². The number of ether oxygens (including phenoxy) is 1. The first kappa shape index (κ1) is 24.4. The van der Waals surface area contributed by atoms with Gasteiger partial charge in [-0.05, 0) is 18.6 Å². The van der Waals surface area contributed by atoms with Crippen LogP contribution in [-0.2, 0) is 9.53 Å². The number of pyridine rings is 1. The zero-order chi connectivity index (χ0) is 15.4. The standard InChI is InChI=1S/C16H24N4O2.3ClH/c1-13(14-3-2-4-17-11-14)19-6-8-20(9-7-19)16(21)15-12-22-10-5-18-15;;;/h2-4,11,13,15,18H,5-10,12H2,1H3;3*1H. The first-order valence-corrected chi connectivity index (χ1v) is 7.99. The molecule has 0 spiro atoms. The van der Waals surface area contributed by atoms with Gasteiger partial charge in [-0.3, -0.25) is 14.7 Å². The molecule has 144 valence electrons. The van der Waals surface area contributed by atoms with Gasteiger partial charge in [0, 0.05) is 51.2 Å². The number of carbonyl (C=O) groups is 1. The van der Waals surface area contributed by atoms with Crippen molar-refractivity contribution in [2.24, 2.45) is 0 Å². The molecule has 0 aliphatic carbocycles. The van der Waals surface area contributed by atoms with Crippen LogP contribution in [0.25, 0.3) is 0 Å². The van der Waals surface area contributed by atoms with Gasteiger partial charge >= 0.3 is 0 Å². The summed E-state index contributed by atoms with van der Waals surface area (Å²) in [5.41, 5.74) is 1.23. The fraction of sp³-hybridized carbons (Fsp3) is 0.625. The largest absolute Gasteiger partial charge is 0.378 e. The number of morpholine rings is 1. The van der Waals surface area contributed by atoms with Crippen LogP contribution < -0.4 is 5.32 Å². The van der Waals surface area contributed by atoms with Crippen molar-refractivity contribution in [2.45, 2.75) is 19.0 Å². The van der Waals surface area contributed by atoms with Crippen molar-refractivity contribution in [1.29, 1.82) is 0 Å². The van der Waals surface area contributed by atoms with Crippen molar-refractivity contribution in [1.82, 2.24) is 20.1 Å². The van der Waals surface area contributed by atoms with Crippen LogP contribution in [0.15, 0.2) is 24.5 Å². The second kappa shape index (κ2) is 11.9. The molecule has 2 unspecified atom stereocenters. The fourth-order valence-electron chi connectivity index (χ4n) is 3.11. The van der Waals surface area contributed by atoms with Crippen molar-refractivity contribution in [3.05, 3.63) is 30.1 Å². The maximum Gasteiger partial charge on any atom is 0.242 e. The van der Waals surface area contributed by atoms with Gasteiger partial charge in [0.1, 0.15) is 6.04 Å². The Balaban J connectivity index is 0.00000192. The van der Waals surface area contributed by atoms with Crippen molar-refractivity contribution in [3.63, 3.8) is 0 Å². The lowest BCUT2D eigenvalue weighted by Gasteiger charge is -2.39. The van der Waals surface area contributed by atoms with Crippen LogP contribution in [0.5, 0.6) is 0 Å². The number of aromatic nitrogens is 1. The minimum Gasteiger partial charge on any atom is -0.378 e. The third kappa shape index (κ3) is 6.24. The average molecular weight is 414 g/mol. The number of hydrogen-bond acceptors (Lipinski definition) is 5. The molecule has 2 fully saturated rings. The predicted molar refractivity (Wildman–Crippen MR) is 105 cm³/mol. The second-order valence-corrected chi connectivity index (χ2v) is 5.91. The molecule has 2 saturated heterocycles. The Labute approximate surface area is 167 Å². The van der Waals surface area contributed by atoms with Crippen molar-refractivity contribution in [3.8, 4) is 0 Å². The number of nitrogens with zero attached hydrogens (tertiary/aromatic N) is 3. The third-order valence-electron chi connectivity index (χ3n) is 4.56. The van der Waals surface area contributed by atoms with E-state index in [-0.39, 0.29) is 49.2 Å². The minimum absolute atomic E-state index is 0. The van der Waals surface area contributed by atoms with Gasteiger partial charge in [-0.2, -0.15) is 0 Å². The van der Waals surface area contributed by atoms with Crippen molar-refractivity contribution >= 4 is 43.1 Å². The zero-order valence-electron chi connectivity index (χ0n) is 14.3. The Kier molecular flexibility index (Phi) is 11.6. The molecule has 1 N–H and O–H groups in total. The quantitative estimate of drug-likeness (QED) is 0.814. The van der Waals surface area contributed by atoms with E-state index in [4.69, 9.17) is 4.74 Å². The molecule has 3 heterocycles. The van der Waals surface area contributed by atoms with E-state index >= 15 is 0 Å². The van der Waals surface area contributed by atoms with Gasteiger partial charge in [-0.15, -0.1) is 37.2 Å². The van der Waals surface area contributed by atoms with Gasteiger partial charge in [0.25, 0.3) is 0 Å². The molecule has 2 aliphatic heterocycles. The molecule has 9 heteroatoms. The van der Waals surface area contributed by atoms with Gasteiger partial charge in [0.15, 0.2) is 0 Å². The number of piperazine rings is 1. The van der Waals surface area contributed by atoms with Crippen molar-refractivity contribution in [2.75, 3.05) is 45.9 Å². The van der Waals surface area contributed by atoms with Gasteiger partial charge in [-0.25, -0.2) is 0 Å². The molecule has 0 aromatic carbocycles. The summed E-state index contributed by atoms with van der Waals surface area (Å²) in [6, 6.07) is 4.25. The van der Waals surface area contributed by atoms with Crippen LogP contribution in [0.1, 0.15) is 18.5 Å². The molecule has 0 radical (unpaired) electrons. The van der Waals surface area contributed by atoms with E-state index in [2.05, 4.69) is 28.2 Å². The van der Waals surface area contributed by atoms with Crippen LogP contribution in [0.3, 0.4) is 0 Å². The summed E-state index contributed by atoms with van der Waals surface area (Å²) in [5, 5.41) is 3.24. The molecule has 3 rings (SSSR count). The molecule has 1 amide bonds. The monoisotopic (exact) mass is 412 g/mol. The normalized spacial score (nSPS) is 22.0. The maximum atomic E-state index is 12.5. The van der Waals surface area contributed by atoms with E-state index in [1.54, 1.807) is 6.20 Å². The number of carbonyl (C=O) groups excluding carboxylic acids is 1. The highest BCUT2D eigenvalue weighted by Gasteiger charge is 2.30. The van der Waals surface area contributed by atoms with Crippen LogP contribution in [0.2, 0.25) is 0 Å². The molecule has 0 saturated carbocycles. The summed E-state index contributed by atoms with van der Waals surface area (Å²) in [7, 11) is 0. The van der Waals surface area contributed by atoms with Crippen LogP contribution >= 0.6 is 37.2 Å². The van der Waals surface area contributed by atoms with E-state index in [1.807, 2.05) is 17.2 Å². The van der Waals surface area contributed by atoms with Gasteiger partial charge < -0.3 is 15.0 Å². The van der Waals surface area contributed by atoms with E-state index in [0.717, 1.165) is 32.7 Å². The first-order valence-electron chi connectivity index (χ1n) is 7.99. The van der Waals surface area contributed by atoms with Crippen LogP contribution in [0, 0.1) is 0 Å². The lowest BCUT2D eigenvalue weighted by atomic mass is 10.1. The molecular weight excluding hydrogens is 387 g/mol. The predicted octanol–water partition coefficient (Wildman–Crippen LogP) is 1.54. The highest BCUT2D eigenvalue weighted by molar-refractivity contribution is 5.86. The lowest BCUT2D eigenvalue weighted by Crippen LogP contribution is -2.57. The van der Waals surface area contributed by atoms with Gasteiger partial charge in [0.2, 0.25) is 5.91 Å². The Morgan fingerprint density at radius 3 is 2.56 bits per heavy atom. The van der Waals surface area contributed by atoms with E-state index in [1.165, 1.54) is 5.56 Å². The summed E-state index contributed by atoms with van der Waals surface area (Å²) >= 11 is 0. The second-order valence-electron chi connectivity index (χ2n) is 5.91. The molecule has 0 bridgehead atoms. The summed E-state index contributed by atoms with van der Waals surface area (Å²) < 4.78 is 5.38. The Morgan fingerprint density at radius 1 is 1.28 bits per heavy atom. The number of rotatable bonds is 3. The van der Waals surface area contributed by atoms with Crippen LogP contribution in [-0.4, -0.2) is 72.7 Å². The summed E-state index contributed by atoms with van der Waals surface area (Å²) in [6.07, 6.45) is 3.72. The molecule has 1 aromatic rings. The summed E-state index contributed by atoms with van der Waals surface area (Å²) in [5.74, 6) is 0.174. The average Bonchev–Trinajstić information content (AvgIpc) is 2.62. The summed E-state index contributed by atoms with van der Waals surface area (Å²) in [6.45, 7) is 7.50. The fourth-order valence-corrected chi connectivity index (χ4v) is 3.11. The zero-order valence-corrected chi connectivity index (χ0v) is 16.7. The molecule has 1 aromatic heterocycles. The number of hydrogen-bond donors (Lipinski definition) is 1. The Morgan fingerprint density at radius 2 is 2.00 bits per heavy atom. The highest BCUT2D eigenvalue weighted by atomic mass is 35.5. The van der Waals surface area contributed by atoms with E-state index < -0.39 is 0 Å². The maximum absolute atomic E-state index is 12.5. The SMILES string of the molecule is CC(c1cccnc1)N1CCN(C(=O)C2COCCN2)CC1.Cl.Cl.Cl. The first-order chi connectivity index (χ1) is 10.8. The van der Waals surface area contributed by atoms with Crippen LogP contribution in [0.4, 0.5) is 0 Å².